The van der Waals surface area contributed by atoms with Gasteiger partial charge in [0.1, 0.15) is 5.69 Å². The third-order valence-corrected chi connectivity index (χ3v) is 10.3. The summed E-state index contributed by atoms with van der Waals surface area (Å²) in [6, 6.07) is 56.2. The topological polar surface area (TPSA) is 29.3 Å². The lowest BCUT2D eigenvalue weighted by molar-refractivity contribution is 0.590. The summed E-state index contributed by atoms with van der Waals surface area (Å²) in [6.07, 6.45) is 0. The first-order chi connectivity index (χ1) is 23.3. The molecule has 1 aliphatic rings. The van der Waals surface area contributed by atoms with E-state index in [2.05, 4.69) is 132 Å². The fraction of sp³-hybridized carbons (Fsp3) is 0. The molecule has 220 valence electrons. The Balaban J connectivity index is 1.21. The van der Waals surface area contributed by atoms with Gasteiger partial charge in [0.15, 0.2) is 5.76 Å². The number of oxazole rings is 1. The molecule has 0 aliphatic heterocycles. The number of aromatic nitrogens is 1. The molecule has 4 heteroatoms. The molecule has 0 unspecified atom stereocenters. The van der Waals surface area contributed by atoms with E-state index in [4.69, 9.17) is 9.40 Å². The second-order valence-electron chi connectivity index (χ2n) is 12.0. The Morgan fingerprint density at radius 2 is 1.21 bits per heavy atom. The highest BCUT2D eigenvalue weighted by atomic mass is 32.1. The minimum absolute atomic E-state index is 0.644. The van der Waals surface area contributed by atoms with Gasteiger partial charge in [0.05, 0.1) is 0 Å². The number of fused-ring (bicyclic) bond motifs is 6. The van der Waals surface area contributed by atoms with Crippen LogP contribution >= 0.6 is 11.3 Å². The zero-order valence-electron chi connectivity index (χ0n) is 25.2. The highest BCUT2D eigenvalue weighted by Crippen LogP contribution is 2.51. The average molecular weight is 619 g/mol. The first-order valence-corrected chi connectivity index (χ1v) is 16.6. The number of nitrogens with zero attached hydrogens (tertiary/aromatic N) is 2. The first kappa shape index (κ1) is 26.3. The van der Waals surface area contributed by atoms with Gasteiger partial charge in [-0.25, -0.2) is 4.98 Å². The van der Waals surface area contributed by atoms with E-state index in [1.807, 2.05) is 41.7 Å². The number of rotatable bonds is 5. The van der Waals surface area contributed by atoms with Crippen LogP contribution in [-0.4, -0.2) is 4.98 Å². The van der Waals surface area contributed by atoms with E-state index in [0.717, 1.165) is 50.6 Å². The van der Waals surface area contributed by atoms with Crippen molar-refractivity contribution in [1.29, 1.82) is 0 Å². The summed E-state index contributed by atoms with van der Waals surface area (Å²) in [5.74, 6) is 1.48. The van der Waals surface area contributed by atoms with Crippen LogP contribution in [0.1, 0.15) is 0 Å². The Bertz CT molecular complexity index is 2640. The van der Waals surface area contributed by atoms with Gasteiger partial charge in [-0.15, -0.1) is 11.3 Å². The molecule has 0 N–H and O–H groups in total. The maximum atomic E-state index is 6.48. The summed E-state index contributed by atoms with van der Waals surface area (Å²) in [4.78, 5) is 7.47. The first-order valence-electron chi connectivity index (χ1n) is 15.8. The highest BCUT2D eigenvalue weighted by molar-refractivity contribution is 7.25. The zero-order valence-corrected chi connectivity index (χ0v) is 26.0. The molecule has 0 saturated heterocycles. The second-order valence-corrected chi connectivity index (χ2v) is 13.1. The molecule has 0 amide bonds. The molecule has 0 atom stereocenters. The van der Waals surface area contributed by atoms with Gasteiger partial charge < -0.3 is 9.32 Å². The monoisotopic (exact) mass is 618 g/mol. The summed E-state index contributed by atoms with van der Waals surface area (Å²) >= 11 is 1.84. The normalized spacial score (nSPS) is 11.8. The molecular formula is C43H26N2OS. The lowest BCUT2D eigenvalue weighted by Crippen LogP contribution is -2.10. The predicted molar refractivity (Wildman–Crippen MR) is 197 cm³/mol. The Labute approximate surface area is 275 Å². The predicted octanol–water partition coefficient (Wildman–Crippen LogP) is 12.6. The van der Waals surface area contributed by atoms with Gasteiger partial charge in [0, 0.05) is 59.3 Å². The number of hydrogen-bond donors (Lipinski definition) is 0. The highest BCUT2D eigenvalue weighted by Gasteiger charge is 2.29. The lowest BCUT2D eigenvalue weighted by atomic mass is 10.0. The van der Waals surface area contributed by atoms with E-state index < -0.39 is 0 Å². The van der Waals surface area contributed by atoms with Crippen molar-refractivity contribution < 1.29 is 4.42 Å². The molecule has 47 heavy (non-hydrogen) atoms. The molecule has 9 aromatic rings. The summed E-state index contributed by atoms with van der Waals surface area (Å²) < 4.78 is 9.07. The summed E-state index contributed by atoms with van der Waals surface area (Å²) in [5, 5.41) is 4.91. The SMILES string of the molecule is c1ccc(-c2cccc(N(c3cc4c5c(cccc5c3)-c3oc(-c5ccccc5)nc3-4)c3ccc4sc5ccccc5c4c3)c2)cc1. The van der Waals surface area contributed by atoms with Gasteiger partial charge >= 0.3 is 0 Å². The molecular weight excluding hydrogens is 593 g/mol. The Kier molecular flexibility index (Phi) is 5.74. The Hall–Kier alpha value is -5.97. The van der Waals surface area contributed by atoms with Crippen LogP contribution in [0.15, 0.2) is 162 Å². The van der Waals surface area contributed by atoms with Crippen molar-refractivity contribution in [2.24, 2.45) is 0 Å². The van der Waals surface area contributed by atoms with E-state index in [1.165, 1.54) is 36.7 Å². The summed E-state index contributed by atoms with van der Waals surface area (Å²) in [6.45, 7) is 0. The minimum atomic E-state index is 0.644. The Morgan fingerprint density at radius 1 is 0.489 bits per heavy atom. The summed E-state index contributed by atoms with van der Waals surface area (Å²) in [5.41, 5.74) is 9.71. The van der Waals surface area contributed by atoms with E-state index in [-0.39, 0.29) is 0 Å². The molecule has 3 nitrogen and oxygen atoms in total. The van der Waals surface area contributed by atoms with Crippen LogP contribution in [0, 0.1) is 0 Å². The van der Waals surface area contributed by atoms with Gasteiger partial charge in [-0.1, -0.05) is 97.1 Å². The minimum Gasteiger partial charge on any atom is -0.435 e. The van der Waals surface area contributed by atoms with Crippen molar-refractivity contribution in [3.63, 3.8) is 0 Å². The maximum Gasteiger partial charge on any atom is 0.227 e. The van der Waals surface area contributed by atoms with Gasteiger partial charge in [0.25, 0.3) is 0 Å². The molecule has 0 saturated carbocycles. The average Bonchev–Trinajstić information content (AvgIpc) is 3.82. The van der Waals surface area contributed by atoms with Crippen LogP contribution in [0.4, 0.5) is 17.1 Å². The van der Waals surface area contributed by atoms with Crippen LogP contribution in [-0.2, 0) is 0 Å². The van der Waals surface area contributed by atoms with Crippen molar-refractivity contribution in [3.05, 3.63) is 158 Å². The molecule has 10 rings (SSSR count). The van der Waals surface area contributed by atoms with Crippen molar-refractivity contribution in [1.82, 2.24) is 4.98 Å². The summed E-state index contributed by atoms with van der Waals surface area (Å²) in [7, 11) is 0. The molecule has 2 heterocycles. The number of hydrogen-bond acceptors (Lipinski definition) is 4. The van der Waals surface area contributed by atoms with Gasteiger partial charge in [-0.2, -0.15) is 0 Å². The third kappa shape index (κ3) is 4.16. The van der Waals surface area contributed by atoms with E-state index in [0.29, 0.717) is 5.89 Å². The van der Waals surface area contributed by atoms with Crippen LogP contribution in [0.2, 0.25) is 0 Å². The molecule has 1 aliphatic carbocycles. The molecule has 0 fully saturated rings. The fourth-order valence-electron chi connectivity index (χ4n) is 7.06. The van der Waals surface area contributed by atoms with Crippen LogP contribution in [0.3, 0.4) is 0 Å². The van der Waals surface area contributed by atoms with Crippen molar-refractivity contribution >= 4 is 59.3 Å². The molecule has 0 radical (unpaired) electrons. The van der Waals surface area contributed by atoms with Crippen molar-refractivity contribution in [3.8, 4) is 45.2 Å². The Morgan fingerprint density at radius 3 is 2.09 bits per heavy atom. The molecule has 2 aromatic heterocycles. The largest absolute Gasteiger partial charge is 0.435 e. The lowest BCUT2D eigenvalue weighted by Gasteiger charge is -2.27. The van der Waals surface area contributed by atoms with Gasteiger partial charge in [0.2, 0.25) is 5.89 Å². The third-order valence-electron chi connectivity index (χ3n) is 9.20. The van der Waals surface area contributed by atoms with E-state index in [9.17, 15) is 0 Å². The van der Waals surface area contributed by atoms with Gasteiger partial charge in [-0.05, 0) is 77.2 Å². The fourth-order valence-corrected chi connectivity index (χ4v) is 8.15. The van der Waals surface area contributed by atoms with E-state index >= 15 is 0 Å². The molecule has 0 spiro atoms. The van der Waals surface area contributed by atoms with Crippen LogP contribution in [0.5, 0.6) is 0 Å². The molecule has 0 bridgehead atoms. The van der Waals surface area contributed by atoms with Gasteiger partial charge in [-0.3, -0.25) is 0 Å². The zero-order chi connectivity index (χ0) is 30.9. The van der Waals surface area contributed by atoms with Crippen LogP contribution < -0.4 is 4.90 Å². The number of anilines is 3. The number of benzene rings is 7. The standard InChI is InChI=1S/C43H26N2OS/c1-3-11-27(12-4-1)29-15-9-17-31(23-29)45(32-21-22-39-36(25-32)34-18-7-8-20-38(34)47-39)33-24-30-16-10-19-35-40(30)37(26-33)41-42(35)46-43(44-41)28-13-5-2-6-14-28/h1-26H. The van der Waals surface area contributed by atoms with Crippen molar-refractivity contribution in [2.45, 2.75) is 0 Å². The van der Waals surface area contributed by atoms with E-state index in [1.54, 1.807) is 0 Å². The quantitative estimate of drug-likeness (QED) is 0.192. The van der Waals surface area contributed by atoms with Crippen molar-refractivity contribution in [2.75, 3.05) is 4.90 Å². The molecule has 7 aromatic carbocycles. The number of thiophene rings is 1. The maximum absolute atomic E-state index is 6.48. The van der Waals surface area contributed by atoms with Crippen LogP contribution in [0.25, 0.3) is 76.1 Å². The smallest absolute Gasteiger partial charge is 0.227 e. The second kappa shape index (κ2) is 10.3.